The van der Waals surface area contributed by atoms with E-state index in [0.29, 0.717) is 40.3 Å². The summed E-state index contributed by atoms with van der Waals surface area (Å²) < 4.78 is 10.7. The molecule has 3 heterocycles. The third-order valence-electron chi connectivity index (χ3n) is 6.12. The minimum atomic E-state index is -0.693. The van der Waals surface area contributed by atoms with Crippen LogP contribution in [0, 0.1) is 6.92 Å². The van der Waals surface area contributed by atoms with Crippen molar-refractivity contribution in [2.24, 2.45) is 14.1 Å². The van der Waals surface area contributed by atoms with Crippen LogP contribution in [0.3, 0.4) is 0 Å². The van der Waals surface area contributed by atoms with Gasteiger partial charge in [0.2, 0.25) is 0 Å². The van der Waals surface area contributed by atoms with Crippen LogP contribution in [0.2, 0.25) is 5.02 Å². The molecule has 0 bridgehead atoms. The number of aromatic nitrogens is 3. The van der Waals surface area contributed by atoms with E-state index in [-0.39, 0.29) is 11.3 Å². The van der Waals surface area contributed by atoms with Crippen molar-refractivity contribution in [3.8, 4) is 17.0 Å². The standard InChI is InChI=1S/C24H22ClN3O4/c1-13-5-4-6-14(11-13)19-18-20(26(2)24(31)27(3)23(18)30)21-22(32-10-9-28(19)21)16-12-15(25)7-8-17(16)29/h4-8,11-12,22,29H,9-10H2,1-3H3/t22-/m0/s1. The number of aryl methyl sites for hydroxylation is 2. The zero-order chi connectivity index (χ0) is 22.7. The van der Waals surface area contributed by atoms with Gasteiger partial charge in [-0.1, -0.05) is 35.4 Å². The van der Waals surface area contributed by atoms with Crippen LogP contribution >= 0.6 is 11.6 Å². The van der Waals surface area contributed by atoms with E-state index in [1.54, 1.807) is 19.2 Å². The zero-order valence-corrected chi connectivity index (χ0v) is 18.7. The van der Waals surface area contributed by atoms with Crippen molar-refractivity contribution >= 4 is 22.5 Å². The van der Waals surface area contributed by atoms with Gasteiger partial charge in [-0.3, -0.25) is 13.9 Å². The fourth-order valence-electron chi connectivity index (χ4n) is 4.64. The molecule has 0 radical (unpaired) electrons. The third-order valence-corrected chi connectivity index (χ3v) is 6.35. The molecule has 7 nitrogen and oxygen atoms in total. The van der Waals surface area contributed by atoms with Crippen molar-refractivity contribution in [2.45, 2.75) is 19.6 Å². The van der Waals surface area contributed by atoms with Crippen molar-refractivity contribution in [1.82, 2.24) is 13.7 Å². The number of aromatic hydroxyl groups is 1. The second-order valence-electron chi connectivity index (χ2n) is 8.14. The van der Waals surface area contributed by atoms with Gasteiger partial charge in [0.15, 0.2) is 0 Å². The average Bonchev–Trinajstić information content (AvgIpc) is 3.13. The molecule has 8 heteroatoms. The van der Waals surface area contributed by atoms with Crippen LogP contribution in [0.15, 0.2) is 52.1 Å². The molecule has 1 N–H and O–H groups in total. The molecule has 0 unspecified atom stereocenters. The predicted molar refractivity (Wildman–Crippen MR) is 124 cm³/mol. The average molecular weight is 452 g/mol. The number of phenols is 1. The molecule has 0 saturated carbocycles. The van der Waals surface area contributed by atoms with Gasteiger partial charge < -0.3 is 14.4 Å². The Morgan fingerprint density at radius 3 is 2.62 bits per heavy atom. The molecule has 2 aromatic heterocycles. The van der Waals surface area contributed by atoms with Gasteiger partial charge in [-0.2, -0.15) is 0 Å². The monoisotopic (exact) mass is 451 g/mol. The third kappa shape index (κ3) is 2.92. The second kappa shape index (κ2) is 7.39. The maximum absolute atomic E-state index is 13.4. The van der Waals surface area contributed by atoms with Crippen LogP contribution in [-0.4, -0.2) is 25.4 Å². The summed E-state index contributed by atoms with van der Waals surface area (Å²) in [5.41, 5.74) is 3.53. The van der Waals surface area contributed by atoms with Crippen LogP contribution in [0.25, 0.3) is 22.2 Å². The molecule has 1 atom stereocenters. The van der Waals surface area contributed by atoms with Gasteiger partial charge in [-0.25, -0.2) is 4.79 Å². The van der Waals surface area contributed by atoms with Crippen molar-refractivity contribution < 1.29 is 9.84 Å². The van der Waals surface area contributed by atoms with Gasteiger partial charge in [0.25, 0.3) is 5.56 Å². The number of nitrogens with zero attached hydrogens (tertiary/aromatic N) is 3. The Labute approximate surface area is 188 Å². The van der Waals surface area contributed by atoms with E-state index in [4.69, 9.17) is 16.3 Å². The van der Waals surface area contributed by atoms with Crippen molar-refractivity contribution in [1.29, 1.82) is 0 Å². The highest BCUT2D eigenvalue weighted by atomic mass is 35.5. The van der Waals surface area contributed by atoms with E-state index in [1.807, 2.05) is 35.8 Å². The topological polar surface area (TPSA) is 78.4 Å². The quantitative estimate of drug-likeness (QED) is 0.506. The van der Waals surface area contributed by atoms with Gasteiger partial charge in [0, 0.05) is 31.2 Å². The minimum absolute atomic E-state index is 0.0353. The lowest BCUT2D eigenvalue weighted by atomic mass is 10.0. The second-order valence-corrected chi connectivity index (χ2v) is 8.57. The molecule has 0 amide bonds. The summed E-state index contributed by atoms with van der Waals surface area (Å²) in [6, 6.07) is 12.7. The first-order valence-corrected chi connectivity index (χ1v) is 10.7. The fourth-order valence-corrected chi connectivity index (χ4v) is 4.83. The summed E-state index contributed by atoms with van der Waals surface area (Å²) in [6.45, 7) is 2.87. The summed E-state index contributed by atoms with van der Waals surface area (Å²) in [7, 11) is 3.13. The molecule has 5 rings (SSSR count). The van der Waals surface area contributed by atoms with E-state index >= 15 is 0 Å². The molecule has 32 heavy (non-hydrogen) atoms. The Morgan fingerprint density at radius 2 is 1.88 bits per heavy atom. The first-order chi connectivity index (χ1) is 15.3. The van der Waals surface area contributed by atoms with Gasteiger partial charge in [0.05, 0.1) is 28.9 Å². The number of phenolic OH excluding ortho intramolecular Hbond substituents is 1. The SMILES string of the molecule is Cc1cccc(-c2c3c(=O)n(C)c(=O)n(C)c3c3n2CCO[C@H]3c2cc(Cl)ccc2O)c1. The first kappa shape index (κ1) is 20.6. The highest BCUT2D eigenvalue weighted by Crippen LogP contribution is 2.43. The number of hydrogen-bond donors (Lipinski definition) is 1. The molecular formula is C24H22ClN3O4. The van der Waals surface area contributed by atoms with Crippen molar-refractivity contribution in [2.75, 3.05) is 6.61 Å². The molecule has 0 aliphatic carbocycles. The number of benzene rings is 2. The zero-order valence-electron chi connectivity index (χ0n) is 17.9. The number of rotatable bonds is 2. The van der Waals surface area contributed by atoms with Crippen LogP contribution in [0.4, 0.5) is 0 Å². The lowest BCUT2D eigenvalue weighted by Crippen LogP contribution is -2.37. The Morgan fingerprint density at radius 1 is 1.09 bits per heavy atom. The maximum atomic E-state index is 13.4. The summed E-state index contributed by atoms with van der Waals surface area (Å²) in [4.78, 5) is 26.2. The molecule has 0 spiro atoms. The van der Waals surface area contributed by atoms with Crippen LogP contribution < -0.4 is 11.2 Å². The summed E-state index contributed by atoms with van der Waals surface area (Å²) in [6.07, 6.45) is -0.693. The first-order valence-electron chi connectivity index (χ1n) is 10.3. The van der Waals surface area contributed by atoms with E-state index in [2.05, 4.69) is 0 Å². The van der Waals surface area contributed by atoms with Crippen LogP contribution in [-0.2, 0) is 25.4 Å². The Hall–Kier alpha value is -3.29. The Balaban J connectivity index is 1.97. The predicted octanol–water partition coefficient (Wildman–Crippen LogP) is 3.49. The van der Waals surface area contributed by atoms with E-state index in [9.17, 15) is 14.7 Å². The Kier molecular flexibility index (Phi) is 4.76. The van der Waals surface area contributed by atoms with Gasteiger partial charge >= 0.3 is 5.69 Å². The molecule has 4 aromatic rings. The molecule has 0 saturated heterocycles. The molecule has 1 aliphatic rings. The maximum Gasteiger partial charge on any atom is 0.331 e. The summed E-state index contributed by atoms with van der Waals surface area (Å²) >= 11 is 6.22. The molecule has 2 aromatic carbocycles. The van der Waals surface area contributed by atoms with Crippen molar-refractivity contribution in [3.05, 3.63) is 85.1 Å². The van der Waals surface area contributed by atoms with E-state index in [1.165, 1.54) is 17.7 Å². The van der Waals surface area contributed by atoms with Gasteiger partial charge in [0.1, 0.15) is 11.9 Å². The van der Waals surface area contributed by atoms with Gasteiger partial charge in [-0.05, 0) is 36.8 Å². The fraction of sp³-hybridized carbons (Fsp3) is 0.250. The number of ether oxygens (including phenoxy) is 1. The van der Waals surface area contributed by atoms with Crippen LogP contribution in [0.1, 0.15) is 22.9 Å². The molecular weight excluding hydrogens is 430 g/mol. The van der Waals surface area contributed by atoms with Crippen molar-refractivity contribution in [3.63, 3.8) is 0 Å². The molecule has 1 aliphatic heterocycles. The van der Waals surface area contributed by atoms with E-state index < -0.39 is 11.8 Å². The highest BCUT2D eigenvalue weighted by Gasteiger charge is 2.34. The molecule has 164 valence electrons. The number of fused-ring (bicyclic) bond motifs is 3. The van der Waals surface area contributed by atoms with Gasteiger partial charge in [-0.15, -0.1) is 0 Å². The highest BCUT2D eigenvalue weighted by molar-refractivity contribution is 6.30. The smallest absolute Gasteiger partial charge is 0.331 e. The normalized spacial score (nSPS) is 15.8. The lowest BCUT2D eigenvalue weighted by Gasteiger charge is -2.28. The number of halogens is 1. The lowest BCUT2D eigenvalue weighted by molar-refractivity contribution is 0.0464. The summed E-state index contributed by atoms with van der Waals surface area (Å²) in [5.74, 6) is 0.0353. The minimum Gasteiger partial charge on any atom is -0.508 e. The largest absolute Gasteiger partial charge is 0.508 e. The molecule has 0 fully saturated rings. The number of hydrogen-bond acceptors (Lipinski definition) is 4. The van der Waals surface area contributed by atoms with Crippen LogP contribution in [0.5, 0.6) is 5.75 Å². The summed E-state index contributed by atoms with van der Waals surface area (Å²) in [5, 5.41) is 11.5. The Bertz CT molecular complexity index is 1510. The van der Waals surface area contributed by atoms with E-state index in [0.717, 1.165) is 21.4 Å².